The first-order chi connectivity index (χ1) is 12.2. The molecule has 126 valence electrons. The topological polar surface area (TPSA) is 51.0 Å². The minimum absolute atomic E-state index is 0.275. The van der Waals surface area contributed by atoms with Crippen molar-refractivity contribution < 1.29 is 4.42 Å². The molecule has 3 rings (SSSR count). The van der Waals surface area contributed by atoms with Crippen molar-refractivity contribution in [2.45, 2.75) is 19.0 Å². The first kappa shape index (κ1) is 17.2. The van der Waals surface area contributed by atoms with Crippen molar-refractivity contribution in [2.24, 2.45) is 0 Å². The van der Waals surface area contributed by atoms with E-state index in [1.807, 2.05) is 67.6 Å². The standard InChI is InChI=1S/C20H18ClN3O/c1-20(15-21,22-14-17-10-6-3-7-11-17)19-24-23-18(25-19)13-12-16-8-4-2-5-9-16/h2-11,22H,14-15H2,1H3. The Kier molecular flexibility index (Phi) is 5.49. The average Bonchev–Trinajstić information content (AvgIpc) is 3.16. The van der Waals surface area contributed by atoms with Crippen molar-refractivity contribution in [1.82, 2.24) is 15.5 Å². The van der Waals surface area contributed by atoms with Crippen LogP contribution in [-0.4, -0.2) is 16.1 Å². The molecule has 1 unspecified atom stereocenters. The fraction of sp³-hybridized carbons (Fsp3) is 0.200. The van der Waals surface area contributed by atoms with Crippen LogP contribution in [0.1, 0.15) is 29.8 Å². The lowest BCUT2D eigenvalue weighted by Crippen LogP contribution is -2.41. The third-order valence-corrected chi connectivity index (χ3v) is 4.31. The molecule has 0 saturated carbocycles. The highest BCUT2D eigenvalue weighted by molar-refractivity contribution is 6.18. The number of hydrogen-bond acceptors (Lipinski definition) is 4. The molecule has 2 aromatic carbocycles. The van der Waals surface area contributed by atoms with E-state index in [1.54, 1.807) is 0 Å². The van der Waals surface area contributed by atoms with Crippen molar-refractivity contribution in [3.05, 3.63) is 83.6 Å². The summed E-state index contributed by atoms with van der Waals surface area (Å²) < 4.78 is 5.71. The third kappa shape index (κ3) is 4.48. The molecule has 25 heavy (non-hydrogen) atoms. The lowest BCUT2D eigenvalue weighted by molar-refractivity contribution is 0.307. The molecular formula is C20H18ClN3O. The fourth-order valence-corrected chi connectivity index (χ4v) is 2.43. The molecule has 0 aliphatic rings. The first-order valence-corrected chi connectivity index (χ1v) is 8.49. The third-order valence-electron chi connectivity index (χ3n) is 3.78. The Labute approximate surface area is 152 Å². The van der Waals surface area contributed by atoms with Crippen LogP contribution in [0.5, 0.6) is 0 Å². The van der Waals surface area contributed by atoms with E-state index in [9.17, 15) is 0 Å². The maximum Gasteiger partial charge on any atom is 0.294 e. The highest BCUT2D eigenvalue weighted by Gasteiger charge is 2.31. The predicted octanol–water partition coefficient (Wildman–Crippen LogP) is 3.71. The van der Waals surface area contributed by atoms with E-state index in [0.717, 1.165) is 11.1 Å². The summed E-state index contributed by atoms with van der Waals surface area (Å²) in [7, 11) is 0. The lowest BCUT2D eigenvalue weighted by Gasteiger charge is -2.24. The van der Waals surface area contributed by atoms with E-state index in [4.69, 9.17) is 16.0 Å². The minimum atomic E-state index is -0.628. The molecule has 0 fully saturated rings. The quantitative estimate of drug-likeness (QED) is 0.562. The van der Waals surface area contributed by atoms with Crippen LogP contribution in [-0.2, 0) is 12.1 Å². The van der Waals surface area contributed by atoms with Gasteiger partial charge in [-0.3, -0.25) is 5.32 Å². The summed E-state index contributed by atoms with van der Waals surface area (Å²) in [6.07, 6.45) is 0. The zero-order chi connectivity index (χ0) is 17.5. The number of alkyl halides is 1. The van der Waals surface area contributed by atoms with Gasteiger partial charge in [0.2, 0.25) is 5.89 Å². The number of halogens is 1. The number of rotatable bonds is 5. The van der Waals surface area contributed by atoms with Crippen molar-refractivity contribution in [3.63, 3.8) is 0 Å². The van der Waals surface area contributed by atoms with Gasteiger partial charge >= 0.3 is 0 Å². The van der Waals surface area contributed by atoms with E-state index >= 15 is 0 Å². The SMILES string of the molecule is CC(CCl)(NCc1ccccc1)c1nnc(C#Cc2ccccc2)o1. The predicted molar refractivity (Wildman–Crippen MR) is 98.1 cm³/mol. The van der Waals surface area contributed by atoms with Gasteiger partial charge in [-0.25, -0.2) is 0 Å². The summed E-state index contributed by atoms with van der Waals surface area (Å²) in [5.74, 6) is 6.89. The van der Waals surface area contributed by atoms with Gasteiger partial charge in [0.1, 0.15) is 5.54 Å². The van der Waals surface area contributed by atoms with E-state index in [1.165, 1.54) is 0 Å². The molecule has 1 heterocycles. The molecule has 1 N–H and O–H groups in total. The molecule has 1 atom stereocenters. The van der Waals surface area contributed by atoms with E-state index in [2.05, 4.69) is 27.4 Å². The van der Waals surface area contributed by atoms with E-state index in [0.29, 0.717) is 18.3 Å². The van der Waals surface area contributed by atoms with Crippen LogP contribution in [0.4, 0.5) is 0 Å². The van der Waals surface area contributed by atoms with E-state index < -0.39 is 5.54 Å². The Morgan fingerprint density at radius 2 is 1.68 bits per heavy atom. The highest BCUT2D eigenvalue weighted by atomic mass is 35.5. The second kappa shape index (κ2) is 7.98. The molecule has 4 nitrogen and oxygen atoms in total. The maximum absolute atomic E-state index is 6.17. The highest BCUT2D eigenvalue weighted by Crippen LogP contribution is 2.21. The van der Waals surface area contributed by atoms with Crippen molar-refractivity contribution in [1.29, 1.82) is 0 Å². The fourth-order valence-electron chi connectivity index (χ4n) is 2.22. The zero-order valence-corrected chi connectivity index (χ0v) is 14.6. The number of nitrogens with zero attached hydrogens (tertiary/aromatic N) is 2. The van der Waals surface area contributed by atoms with Gasteiger partial charge in [0.15, 0.2) is 0 Å². The van der Waals surface area contributed by atoms with Gasteiger partial charge in [-0.2, -0.15) is 0 Å². The Balaban J connectivity index is 1.73. The number of hydrogen-bond donors (Lipinski definition) is 1. The van der Waals surface area contributed by atoms with Gasteiger partial charge in [-0.15, -0.1) is 16.7 Å². The van der Waals surface area contributed by atoms with Gasteiger partial charge in [0.25, 0.3) is 5.89 Å². The second-order valence-electron chi connectivity index (χ2n) is 5.83. The maximum atomic E-state index is 6.17. The van der Waals surface area contributed by atoms with Gasteiger partial charge in [0, 0.05) is 18.0 Å². The second-order valence-corrected chi connectivity index (χ2v) is 6.10. The Morgan fingerprint density at radius 1 is 1.00 bits per heavy atom. The van der Waals surface area contributed by atoms with Crippen LogP contribution in [0.25, 0.3) is 0 Å². The molecule has 0 radical (unpaired) electrons. The summed E-state index contributed by atoms with van der Waals surface area (Å²) in [4.78, 5) is 0. The molecule has 0 saturated heterocycles. The van der Waals surface area contributed by atoms with E-state index in [-0.39, 0.29) is 5.89 Å². The zero-order valence-electron chi connectivity index (χ0n) is 13.9. The van der Waals surface area contributed by atoms with Crippen molar-refractivity contribution >= 4 is 11.6 Å². The molecular weight excluding hydrogens is 334 g/mol. The molecule has 0 bridgehead atoms. The van der Waals surface area contributed by atoms with Crippen LogP contribution in [0.15, 0.2) is 65.1 Å². The van der Waals surface area contributed by atoms with Crippen LogP contribution in [0.3, 0.4) is 0 Å². The average molecular weight is 352 g/mol. The van der Waals surface area contributed by atoms with Gasteiger partial charge < -0.3 is 4.42 Å². The van der Waals surface area contributed by atoms with Gasteiger partial charge in [-0.1, -0.05) is 59.6 Å². The molecule has 0 amide bonds. The first-order valence-electron chi connectivity index (χ1n) is 7.95. The molecule has 3 aromatic rings. The number of benzene rings is 2. The summed E-state index contributed by atoms with van der Waals surface area (Å²) in [6.45, 7) is 2.59. The monoisotopic (exact) mass is 351 g/mol. The summed E-state index contributed by atoms with van der Waals surface area (Å²) in [5, 5.41) is 11.5. The largest absolute Gasteiger partial charge is 0.412 e. The Bertz CT molecular complexity index is 868. The molecule has 0 aliphatic carbocycles. The van der Waals surface area contributed by atoms with Gasteiger partial charge in [0.05, 0.1) is 0 Å². The van der Waals surface area contributed by atoms with Crippen molar-refractivity contribution in [3.8, 4) is 11.8 Å². The molecule has 0 aliphatic heterocycles. The Morgan fingerprint density at radius 3 is 2.36 bits per heavy atom. The van der Waals surface area contributed by atoms with Crippen LogP contribution < -0.4 is 5.32 Å². The van der Waals surface area contributed by atoms with Crippen LogP contribution in [0, 0.1) is 11.8 Å². The number of aromatic nitrogens is 2. The summed E-state index contributed by atoms with van der Waals surface area (Å²) in [5.41, 5.74) is 1.42. The van der Waals surface area contributed by atoms with Gasteiger partial charge in [-0.05, 0) is 30.5 Å². The molecule has 5 heteroatoms. The molecule has 0 spiro atoms. The van der Waals surface area contributed by atoms with Crippen molar-refractivity contribution in [2.75, 3.05) is 5.88 Å². The minimum Gasteiger partial charge on any atom is -0.412 e. The Hall–Kier alpha value is -2.61. The normalized spacial score (nSPS) is 12.9. The number of nitrogens with one attached hydrogen (secondary N) is 1. The van der Waals surface area contributed by atoms with Crippen LogP contribution in [0.2, 0.25) is 0 Å². The summed E-state index contributed by atoms with van der Waals surface area (Å²) in [6, 6.07) is 19.7. The molecule has 1 aromatic heterocycles. The van der Waals surface area contributed by atoms with Crippen LogP contribution >= 0.6 is 11.6 Å². The smallest absolute Gasteiger partial charge is 0.294 e. The lowest BCUT2D eigenvalue weighted by atomic mass is 10.0. The summed E-state index contributed by atoms with van der Waals surface area (Å²) >= 11 is 6.17.